The molecule has 184 valence electrons. The number of thioether (sulfide) groups is 1. The van der Waals surface area contributed by atoms with Gasteiger partial charge < -0.3 is 5.32 Å². The lowest BCUT2D eigenvalue weighted by molar-refractivity contribution is -0.143. The number of hydrogen-bond acceptors (Lipinski definition) is 3. The van der Waals surface area contributed by atoms with Gasteiger partial charge in [0.2, 0.25) is 5.12 Å². The first-order valence-corrected chi connectivity index (χ1v) is 11.2. The van der Waals surface area contributed by atoms with E-state index >= 15 is 0 Å². The first-order chi connectivity index (χ1) is 16.5. The van der Waals surface area contributed by atoms with Gasteiger partial charge in [-0.05, 0) is 23.0 Å². The summed E-state index contributed by atoms with van der Waals surface area (Å²) in [6.45, 7) is 1.64. The Morgan fingerprint density at radius 1 is 0.857 bits per heavy atom. The van der Waals surface area contributed by atoms with Gasteiger partial charge in [0.15, 0.2) is 28.8 Å². The third-order valence-electron chi connectivity index (χ3n) is 5.02. The van der Waals surface area contributed by atoms with Crippen LogP contribution in [0.4, 0.5) is 36.4 Å². The van der Waals surface area contributed by atoms with Crippen LogP contribution in [0.15, 0.2) is 66.7 Å². The van der Waals surface area contributed by atoms with Crippen molar-refractivity contribution >= 4 is 28.6 Å². The van der Waals surface area contributed by atoms with Crippen molar-refractivity contribution < 1.29 is 35.5 Å². The Morgan fingerprint density at radius 2 is 1.37 bits per heavy atom. The van der Waals surface area contributed by atoms with E-state index in [0.717, 1.165) is 11.8 Å². The standard InChI is InChI=1S/C25H18F7NOS/c1-2-35-23(34)24(16-11-7-4-8-12-16,14-13-15-9-5-3-6-10-15)33-22-20(28)18(26)17(25(30,31)32)19(27)21(22)29/h3-14,33H,2H2,1H3/b14-13+. The number of anilines is 1. The van der Waals surface area contributed by atoms with Crippen molar-refractivity contribution in [3.05, 3.63) is 107 Å². The van der Waals surface area contributed by atoms with Gasteiger partial charge in [-0.3, -0.25) is 4.79 Å². The first kappa shape index (κ1) is 26.3. The second-order valence-corrected chi connectivity index (χ2v) is 8.50. The number of hydrogen-bond donors (Lipinski definition) is 1. The molecule has 0 heterocycles. The zero-order valence-electron chi connectivity index (χ0n) is 18.1. The normalized spacial score (nSPS) is 13.6. The summed E-state index contributed by atoms with van der Waals surface area (Å²) in [6, 6.07) is 16.0. The molecule has 0 aliphatic heterocycles. The van der Waals surface area contributed by atoms with Crippen molar-refractivity contribution in [3.63, 3.8) is 0 Å². The first-order valence-electron chi connectivity index (χ1n) is 10.2. The van der Waals surface area contributed by atoms with Crippen LogP contribution in [-0.2, 0) is 16.5 Å². The molecule has 0 fully saturated rings. The Morgan fingerprint density at radius 3 is 1.86 bits per heavy atom. The fourth-order valence-electron chi connectivity index (χ4n) is 3.37. The van der Waals surface area contributed by atoms with Gasteiger partial charge in [-0.2, -0.15) is 13.2 Å². The number of rotatable bonds is 7. The van der Waals surface area contributed by atoms with Crippen LogP contribution >= 0.6 is 11.8 Å². The maximum atomic E-state index is 14.8. The van der Waals surface area contributed by atoms with Crippen molar-refractivity contribution in [2.45, 2.75) is 18.6 Å². The molecule has 2 nitrogen and oxygen atoms in total. The van der Waals surface area contributed by atoms with Gasteiger partial charge in [0.25, 0.3) is 0 Å². The molecule has 1 atom stereocenters. The number of carbonyl (C=O) groups excluding carboxylic acids is 1. The Labute approximate surface area is 200 Å². The molecule has 3 rings (SSSR count). The van der Waals surface area contributed by atoms with E-state index < -0.39 is 51.4 Å². The second-order valence-electron chi connectivity index (χ2n) is 7.27. The molecule has 0 saturated heterocycles. The molecule has 1 unspecified atom stereocenters. The Hall–Kier alpha value is -3.27. The largest absolute Gasteiger partial charge is 0.422 e. The molecule has 0 bridgehead atoms. The molecular formula is C25H18F7NOS. The molecule has 0 aliphatic rings. The molecule has 10 heteroatoms. The van der Waals surface area contributed by atoms with Crippen molar-refractivity contribution in [2.75, 3.05) is 11.1 Å². The monoisotopic (exact) mass is 513 g/mol. The summed E-state index contributed by atoms with van der Waals surface area (Å²) in [4.78, 5) is 13.3. The molecule has 0 spiro atoms. The SMILES string of the molecule is CCSC(=O)C(/C=C/c1ccccc1)(Nc1c(F)c(F)c(C(F)(F)F)c(F)c1F)c1ccccc1. The topological polar surface area (TPSA) is 29.1 Å². The van der Waals surface area contributed by atoms with E-state index in [-0.39, 0.29) is 11.3 Å². The molecule has 0 aromatic heterocycles. The van der Waals surface area contributed by atoms with Gasteiger partial charge in [-0.15, -0.1) is 0 Å². The summed E-state index contributed by atoms with van der Waals surface area (Å²) >= 11 is 0.750. The van der Waals surface area contributed by atoms with Gasteiger partial charge in [0, 0.05) is 0 Å². The summed E-state index contributed by atoms with van der Waals surface area (Å²) < 4.78 is 97.4. The van der Waals surface area contributed by atoms with Crippen LogP contribution in [0.5, 0.6) is 0 Å². The second kappa shape index (κ2) is 10.6. The van der Waals surface area contributed by atoms with E-state index in [2.05, 4.69) is 5.32 Å². The van der Waals surface area contributed by atoms with E-state index in [9.17, 15) is 35.5 Å². The van der Waals surface area contributed by atoms with Gasteiger partial charge in [-0.1, -0.05) is 85.4 Å². The minimum atomic E-state index is -5.69. The average Bonchev–Trinajstić information content (AvgIpc) is 2.83. The van der Waals surface area contributed by atoms with Crippen LogP contribution in [0, 0.1) is 23.3 Å². The lowest BCUT2D eigenvalue weighted by atomic mass is 9.89. The van der Waals surface area contributed by atoms with Crippen molar-refractivity contribution in [2.24, 2.45) is 0 Å². The number of benzene rings is 3. The van der Waals surface area contributed by atoms with E-state index in [4.69, 9.17) is 0 Å². The van der Waals surface area contributed by atoms with E-state index in [0.29, 0.717) is 5.56 Å². The quantitative estimate of drug-likeness (QED) is 0.261. The van der Waals surface area contributed by atoms with Crippen LogP contribution in [0.3, 0.4) is 0 Å². The zero-order chi connectivity index (χ0) is 25.8. The molecule has 3 aromatic carbocycles. The maximum Gasteiger partial charge on any atom is 0.422 e. The summed E-state index contributed by atoms with van der Waals surface area (Å²) in [5.74, 6) is -9.63. The smallest absolute Gasteiger partial charge is 0.360 e. The summed E-state index contributed by atoms with van der Waals surface area (Å²) in [6.07, 6.45) is -3.00. The summed E-state index contributed by atoms with van der Waals surface area (Å²) in [5.41, 5.74) is -5.62. The maximum absolute atomic E-state index is 14.8. The third kappa shape index (κ3) is 5.37. The predicted molar refractivity (Wildman–Crippen MR) is 122 cm³/mol. The summed E-state index contributed by atoms with van der Waals surface area (Å²) in [5, 5.41) is 1.50. The Bertz CT molecular complexity index is 1200. The fourth-order valence-corrected chi connectivity index (χ4v) is 4.09. The number of carbonyl (C=O) groups is 1. The Balaban J connectivity index is 2.29. The van der Waals surface area contributed by atoms with Gasteiger partial charge in [-0.25, -0.2) is 17.6 Å². The molecule has 0 aliphatic carbocycles. The van der Waals surface area contributed by atoms with Crippen LogP contribution in [-0.4, -0.2) is 10.9 Å². The fraction of sp³-hybridized carbons (Fsp3) is 0.160. The Kier molecular flexibility index (Phi) is 7.94. The van der Waals surface area contributed by atoms with E-state index in [1.165, 1.54) is 36.4 Å². The van der Waals surface area contributed by atoms with Crippen LogP contribution in [0.25, 0.3) is 6.08 Å². The highest BCUT2D eigenvalue weighted by Gasteiger charge is 2.45. The summed E-state index contributed by atoms with van der Waals surface area (Å²) in [7, 11) is 0. The number of halogens is 7. The highest BCUT2D eigenvalue weighted by atomic mass is 32.2. The van der Waals surface area contributed by atoms with Crippen molar-refractivity contribution in [1.82, 2.24) is 0 Å². The molecule has 1 N–H and O–H groups in total. The van der Waals surface area contributed by atoms with Crippen molar-refractivity contribution in [3.8, 4) is 0 Å². The van der Waals surface area contributed by atoms with E-state index in [1.54, 1.807) is 43.3 Å². The number of alkyl halides is 3. The molecular weight excluding hydrogens is 495 g/mol. The van der Waals surface area contributed by atoms with Crippen LogP contribution in [0.2, 0.25) is 0 Å². The molecule has 0 radical (unpaired) electrons. The van der Waals surface area contributed by atoms with Gasteiger partial charge >= 0.3 is 6.18 Å². The average molecular weight is 513 g/mol. The lowest BCUT2D eigenvalue weighted by Crippen LogP contribution is -2.41. The molecule has 3 aromatic rings. The minimum absolute atomic E-state index is 0.137. The van der Waals surface area contributed by atoms with Crippen LogP contribution < -0.4 is 5.32 Å². The lowest BCUT2D eigenvalue weighted by Gasteiger charge is -2.32. The third-order valence-corrected chi connectivity index (χ3v) is 5.89. The molecule has 35 heavy (non-hydrogen) atoms. The number of nitrogens with one attached hydrogen (secondary N) is 1. The predicted octanol–water partition coefficient (Wildman–Crippen LogP) is 7.56. The van der Waals surface area contributed by atoms with Gasteiger partial charge in [0.1, 0.15) is 11.3 Å². The molecule has 0 saturated carbocycles. The minimum Gasteiger partial charge on any atom is -0.360 e. The van der Waals surface area contributed by atoms with Gasteiger partial charge in [0.05, 0.1) is 0 Å². The molecule has 0 amide bonds. The zero-order valence-corrected chi connectivity index (χ0v) is 18.9. The van der Waals surface area contributed by atoms with Crippen molar-refractivity contribution in [1.29, 1.82) is 0 Å². The van der Waals surface area contributed by atoms with E-state index in [1.807, 2.05) is 0 Å². The highest BCUT2D eigenvalue weighted by Crippen LogP contribution is 2.41. The highest BCUT2D eigenvalue weighted by molar-refractivity contribution is 8.13. The van der Waals surface area contributed by atoms with Crippen LogP contribution in [0.1, 0.15) is 23.6 Å².